The Kier molecular flexibility index (Phi) is 2.87. The van der Waals surface area contributed by atoms with Crippen molar-refractivity contribution in [3.8, 4) is 0 Å². The van der Waals surface area contributed by atoms with Crippen molar-refractivity contribution in [1.29, 1.82) is 0 Å². The topological polar surface area (TPSA) is 12.0 Å². The van der Waals surface area contributed by atoms with E-state index in [1.165, 1.54) is 42.6 Å². The van der Waals surface area contributed by atoms with Crippen molar-refractivity contribution >= 4 is 5.69 Å². The number of rotatable bonds is 3. The monoisotopic (exact) mass is 269 g/mol. The summed E-state index contributed by atoms with van der Waals surface area (Å²) in [4.78, 5) is 0. The smallest absolute Gasteiger partial charge is 0.0345 e. The van der Waals surface area contributed by atoms with E-state index in [4.69, 9.17) is 0 Å². The fourth-order valence-electron chi connectivity index (χ4n) is 5.87. The Hall–Kier alpha value is -0.980. The highest BCUT2D eigenvalue weighted by Crippen LogP contribution is 2.59. The van der Waals surface area contributed by atoms with Gasteiger partial charge in [0.25, 0.3) is 0 Å². The molecule has 4 aliphatic carbocycles. The molecule has 0 unspecified atom stereocenters. The summed E-state index contributed by atoms with van der Waals surface area (Å²) >= 11 is 0. The second-order valence-electron chi connectivity index (χ2n) is 8.15. The Labute approximate surface area is 123 Å². The van der Waals surface area contributed by atoms with Gasteiger partial charge in [0.15, 0.2) is 0 Å². The Bertz CT molecular complexity index is 461. The summed E-state index contributed by atoms with van der Waals surface area (Å²) in [5.41, 5.74) is 4.71. The van der Waals surface area contributed by atoms with E-state index in [2.05, 4.69) is 37.4 Å². The highest BCUT2D eigenvalue weighted by Gasteiger charge is 2.50. The molecule has 20 heavy (non-hydrogen) atoms. The zero-order valence-corrected chi connectivity index (χ0v) is 12.9. The van der Waals surface area contributed by atoms with Crippen LogP contribution in [0.2, 0.25) is 0 Å². The molecule has 0 aromatic heterocycles. The molecule has 1 nitrogen and oxygen atoms in total. The molecule has 0 aliphatic heterocycles. The number of hydrogen-bond donors (Lipinski definition) is 1. The van der Waals surface area contributed by atoms with Crippen molar-refractivity contribution in [2.75, 3.05) is 11.9 Å². The van der Waals surface area contributed by atoms with E-state index in [0.717, 1.165) is 17.8 Å². The molecule has 0 saturated heterocycles. The van der Waals surface area contributed by atoms with Crippen molar-refractivity contribution in [2.24, 2.45) is 23.2 Å². The van der Waals surface area contributed by atoms with Gasteiger partial charge in [0.05, 0.1) is 0 Å². The highest BCUT2D eigenvalue weighted by atomic mass is 14.9. The molecule has 4 aliphatic rings. The SMILES string of the molecule is Cc1cc(C)cc(NCC23CC4CC(CC(C4)C2)C3)c1. The van der Waals surface area contributed by atoms with Crippen LogP contribution >= 0.6 is 0 Å². The van der Waals surface area contributed by atoms with Crippen LogP contribution in [0.4, 0.5) is 5.69 Å². The van der Waals surface area contributed by atoms with Gasteiger partial charge in [-0.3, -0.25) is 0 Å². The summed E-state index contributed by atoms with van der Waals surface area (Å²) in [6.45, 7) is 5.60. The molecule has 5 rings (SSSR count). The van der Waals surface area contributed by atoms with E-state index < -0.39 is 0 Å². The van der Waals surface area contributed by atoms with Crippen molar-refractivity contribution in [3.63, 3.8) is 0 Å². The molecule has 108 valence electrons. The molecular formula is C19H27N. The van der Waals surface area contributed by atoms with Gasteiger partial charge in [0.1, 0.15) is 0 Å². The third-order valence-electron chi connectivity index (χ3n) is 6.05. The van der Waals surface area contributed by atoms with Gasteiger partial charge < -0.3 is 5.32 Å². The van der Waals surface area contributed by atoms with Gasteiger partial charge >= 0.3 is 0 Å². The number of hydrogen-bond acceptors (Lipinski definition) is 1. The van der Waals surface area contributed by atoms with Gasteiger partial charge in [0.2, 0.25) is 0 Å². The summed E-state index contributed by atoms with van der Waals surface area (Å²) in [5, 5.41) is 3.78. The lowest BCUT2D eigenvalue weighted by Gasteiger charge is -2.57. The fraction of sp³-hybridized carbons (Fsp3) is 0.684. The van der Waals surface area contributed by atoms with Crippen molar-refractivity contribution < 1.29 is 0 Å². The number of benzene rings is 1. The highest BCUT2D eigenvalue weighted by molar-refractivity contribution is 5.48. The van der Waals surface area contributed by atoms with Gasteiger partial charge in [-0.25, -0.2) is 0 Å². The minimum atomic E-state index is 0.631. The van der Waals surface area contributed by atoms with Crippen LogP contribution in [-0.2, 0) is 0 Å². The summed E-state index contributed by atoms with van der Waals surface area (Å²) in [7, 11) is 0. The third kappa shape index (κ3) is 2.25. The van der Waals surface area contributed by atoms with E-state index in [0.29, 0.717) is 5.41 Å². The number of aryl methyl sites for hydroxylation is 2. The van der Waals surface area contributed by atoms with E-state index in [1.54, 1.807) is 19.3 Å². The van der Waals surface area contributed by atoms with E-state index in [-0.39, 0.29) is 0 Å². The van der Waals surface area contributed by atoms with E-state index >= 15 is 0 Å². The molecule has 0 heterocycles. The van der Waals surface area contributed by atoms with E-state index in [1.807, 2.05) is 0 Å². The minimum Gasteiger partial charge on any atom is -0.384 e. The Balaban J connectivity index is 1.49. The van der Waals surface area contributed by atoms with Crippen molar-refractivity contribution in [1.82, 2.24) is 0 Å². The molecule has 0 spiro atoms. The summed E-state index contributed by atoms with van der Waals surface area (Å²) in [5.74, 6) is 3.17. The van der Waals surface area contributed by atoms with Crippen molar-refractivity contribution in [2.45, 2.75) is 52.4 Å². The van der Waals surface area contributed by atoms with E-state index in [9.17, 15) is 0 Å². The summed E-state index contributed by atoms with van der Waals surface area (Å²) < 4.78 is 0. The molecule has 1 heteroatoms. The first kappa shape index (κ1) is 12.7. The second-order valence-corrected chi connectivity index (χ2v) is 8.15. The molecule has 1 aromatic rings. The van der Waals surface area contributed by atoms with Crippen LogP contribution in [0.15, 0.2) is 18.2 Å². The van der Waals surface area contributed by atoms with Gasteiger partial charge in [0, 0.05) is 12.2 Å². The largest absolute Gasteiger partial charge is 0.384 e. The summed E-state index contributed by atoms with van der Waals surface area (Å²) in [6, 6.07) is 6.86. The quantitative estimate of drug-likeness (QED) is 0.820. The zero-order valence-electron chi connectivity index (χ0n) is 12.9. The molecule has 4 fully saturated rings. The molecule has 4 bridgehead atoms. The standard InChI is InChI=1S/C19H27N/c1-13-3-14(2)5-18(4-13)20-12-19-9-15-6-16(10-19)8-17(7-15)11-19/h3-5,15-17,20H,6-12H2,1-2H3. The summed E-state index contributed by atoms with van der Waals surface area (Å²) in [6.07, 6.45) is 9.12. The Morgan fingerprint density at radius 3 is 1.90 bits per heavy atom. The van der Waals surface area contributed by atoms with Gasteiger partial charge in [-0.2, -0.15) is 0 Å². The van der Waals surface area contributed by atoms with Crippen LogP contribution in [0.5, 0.6) is 0 Å². The van der Waals surface area contributed by atoms with Crippen LogP contribution in [-0.4, -0.2) is 6.54 Å². The Morgan fingerprint density at radius 1 is 0.900 bits per heavy atom. The van der Waals surface area contributed by atoms with Crippen LogP contribution in [0.3, 0.4) is 0 Å². The van der Waals surface area contributed by atoms with Crippen LogP contribution in [0.1, 0.15) is 49.7 Å². The average molecular weight is 269 g/mol. The Morgan fingerprint density at radius 2 is 1.40 bits per heavy atom. The normalized spacial score (nSPS) is 38.2. The van der Waals surface area contributed by atoms with Crippen LogP contribution in [0, 0.1) is 37.0 Å². The maximum Gasteiger partial charge on any atom is 0.0345 e. The molecule has 0 amide bonds. The first-order valence-corrected chi connectivity index (χ1v) is 8.42. The van der Waals surface area contributed by atoms with Gasteiger partial charge in [-0.05, 0) is 98.8 Å². The lowest BCUT2D eigenvalue weighted by Crippen LogP contribution is -2.49. The van der Waals surface area contributed by atoms with Crippen LogP contribution in [0.25, 0.3) is 0 Å². The minimum absolute atomic E-state index is 0.631. The lowest BCUT2D eigenvalue weighted by atomic mass is 9.49. The first-order chi connectivity index (χ1) is 9.60. The molecule has 1 N–H and O–H groups in total. The maximum absolute atomic E-state index is 3.78. The third-order valence-corrected chi connectivity index (χ3v) is 6.05. The number of anilines is 1. The number of nitrogens with one attached hydrogen (secondary N) is 1. The zero-order chi connectivity index (χ0) is 13.7. The molecule has 1 aromatic carbocycles. The lowest BCUT2D eigenvalue weighted by molar-refractivity contribution is -0.0444. The predicted octanol–water partition coefficient (Wildman–Crippen LogP) is 4.93. The second kappa shape index (κ2) is 4.51. The average Bonchev–Trinajstić information content (AvgIpc) is 2.34. The molecular weight excluding hydrogens is 242 g/mol. The molecule has 4 saturated carbocycles. The van der Waals surface area contributed by atoms with Crippen molar-refractivity contribution in [3.05, 3.63) is 29.3 Å². The fourth-order valence-corrected chi connectivity index (χ4v) is 5.87. The van der Waals surface area contributed by atoms with Gasteiger partial charge in [-0.1, -0.05) is 6.07 Å². The predicted molar refractivity (Wildman–Crippen MR) is 85.0 cm³/mol. The molecule has 0 atom stereocenters. The first-order valence-electron chi connectivity index (χ1n) is 8.42. The maximum atomic E-state index is 3.78. The van der Waals surface area contributed by atoms with Gasteiger partial charge in [-0.15, -0.1) is 0 Å². The molecule has 0 radical (unpaired) electrons. The van der Waals surface area contributed by atoms with Crippen LogP contribution < -0.4 is 5.32 Å².